The van der Waals surface area contributed by atoms with Crippen LogP contribution in [0.5, 0.6) is 0 Å². The first-order chi connectivity index (χ1) is 7.61. The fourth-order valence-corrected chi connectivity index (χ4v) is 1.72. The highest BCUT2D eigenvalue weighted by Gasteiger charge is 2.10. The van der Waals surface area contributed by atoms with Gasteiger partial charge in [-0.2, -0.15) is 0 Å². The maximum Gasteiger partial charge on any atom is 0.249 e. The minimum Gasteiger partial charge on any atom is -0.545 e. The van der Waals surface area contributed by atoms with Gasteiger partial charge in [0.25, 0.3) is 0 Å². The van der Waals surface area contributed by atoms with E-state index in [2.05, 4.69) is 0 Å². The van der Waals surface area contributed by atoms with Crippen molar-refractivity contribution < 1.29 is 14.7 Å². The van der Waals surface area contributed by atoms with Gasteiger partial charge in [-0.1, -0.05) is 30.3 Å². The van der Waals surface area contributed by atoms with Gasteiger partial charge < -0.3 is 15.6 Å². The monoisotopic (exact) mass is 214 g/mol. The Morgan fingerprint density at radius 2 is 1.56 bits per heavy atom. The lowest BCUT2D eigenvalue weighted by Crippen LogP contribution is -2.23. The van der Waals surface area contributed by atoms with Crippen LogP contribution in [0.2, 0.25) is 0 Å². The van der Waals surface area contributed by atoms with E-state index in [9.17, 15) is 14.7 Å². The maximum atomic E-state index is 11.2. The summed E-state index contributed by atoms with van der Waals surface area (Å²) in [5.74, 6) is -1.97. The number of nitrogens with two attached hydrogens (primary N) is 1. The van der Waals surface area contributed by atoms with Crippen LogP contribution in [-0.4, -0.2) is 11.9 Å². The molecule has 0 fully saturated rings. The lowest BCUT2D eigenvalue weighted by atomic mass is 9.99. The largest absolute Gasteiger partial charge is 0.545 e. The highest BCUT2D eigenvalue weighted by Crippen LogP contribution is 2.22. The number of carboxylic acids is 1. The Morgan fingerprint density at radius 1 is 1.00 bits per heavy atom. The van der Waals surface area contributed by atoms with Crippen molar-refractivity contribution in [1.82, 2.24) is 0 Å². The van der Waals surface area contributed by atoms with Gasteiger partial charge in [0.15, 0.2) is 0 Å². The van der Waals surface area contributed by atoms with Gasteiger partial charge >= 0.3 is 0 Å². The second kappa shape index (κ2) is 3.66. The fourth-order valence-electron chi connectivity index (χ4n) is 1.72. The van der Waals surface area contributed by atoms with E-state index in [-0.39, 0.29) is 11.1 Å². The highest BCUT2D eigenvalue weighted by molar-refractivity contribution is 6.13. The molecule has 0 spiro atoms. The molecule has 0 atom stereocenters. The van der Waals surface area contributed by atoms with Crippen molar-refractivity contribution in [1.29, 1.82) is 0 Å². The van der Waals surface area contributed by atoms with Crippen molar-refractivity contribution in [3.8, 4) is 0 Å². The summed E-state index contributed by atoms with van der Waals surface area (Å²) >= 11 is 0. The van der Waals surface area contributed by atoms with E-state index < -0.39 is 11.9 Å². The number of hydrogen-bond donors (Lipinski definition) is 1. The van der Waals surface area contributed by atoms with E-state index >= 15 is 0 Å². The third kappa shape index (κ3) is 1.50. The van der Waals surface area contributed by atoms with E-state index in [0.29, 0.717) is 10.8 Å². The summed E-state index contributed by atoms with van der Waals surface area (Å²) in [6, 6.07) is 9.57. The van der Waals surface area contributed by atoms with E-state index in [1.54, 1.807) is 24.3 Å². The molecule has 0 saturated heterocycles. The molecule has 0 unspecified atom stereocenters. The van der Waals surface area contributed by atoms with Gasteiger partial charge in [-0.05, 0) is 11.5 Å². The summed E-state index contributed by atoms with van der Waals surface area (Å²) in [6.07, 6.45) is 0. The molecule has 0 saturated carbocycles. The van der Waals surface area contributed by atoms with Crippen LogP contribution in [0.25, 0.3) is 10.8 Å². The molecule has 0 radical (unpaired) electrons. The van der Waals surface area contributed by atoms with Crippen molar-refractivity contribution >= 4 is 22.6 Å². The van der Waals surface area contributed by atoms with Crippen molar-refractivity contribution in [2.75, 3.05) is 0 Å². The Kier molecular flexibility index (Phi) is 2.32. The average molecular weight is 214 g/mol. The first-order valence-corrected chi connectivity index (χ1v) is 4.64. The van der Waals surface area contributed by atoms with Crippen LogP contribution in [0.4, 0.5) is 0 Å². The number of carboxylic acid groups (broad SMARTS) is 1. The molecular weight excluding hydrogens is 206 g/mol. The molecule has 2 rings (SSSR count). The van der Waals surface area contributed by atoms with Crippen LogP contribution in [0, 0.1) is 0 Å². The quantitative estimate of drug-likeness (QED) is 0.780. The van der Waals surface area contributed by atoms with E-state index in [1.807, 2.05) is 0 Å². The Balaban J connectivity index is 2.92. The molecule has 1 amide bonds. The molecule has 2 aromatic carbocycles. The SMILES string of the molecule is NC(=O)c1cccc2cccc(C(=O)[O-])c12. The molecular formula is C12H8NO3-. The molecule has 0 aliphatic heterocycles. The number of carbonyl (C=O) groups excluding carboxylic acids is 2. The maximum absolute atomic E-state index is 11.2. The highest BCUT2D eigenvalue weighted by atomic mass is 16.4. The Bertz CT molecular complexity index is 541. The normalized spacial score (nSPS) is 10.2. The Morgan fingerprint density at radius 3 is 2.06 bits per heavy atom. The number of primary amides is 1. The lowest BCUT2D eigenvalue weighted by molar-refractivity contribution is -0.254. The summed E-state index contributed by atoms with van der Waals surface area (Å²) in [4.78, 5) is 22.1. The van der Waals surface area contributed by atoms with E-state index in [0.717, 1.165) is 0 Å². The van der Waals surface area contributed by atoms with Crippen molar-refractivity contribution in [2.45, 2.75) is 0 Å². The van der Waals surface area contributed by atoms with Gasteiger partial charge in [0.05, 0.1) is 5.97 Å². The zero-order valence-corrected chi connectivity index (χ0v) is 8.27. The van der Waals surface area contributed by atoms with E-state index in [4.69, 9.17) is 5.73 Å². The second-order valence-electron chi connectivity index (χ2n) is 3.36. The minimum atomic E-state index is -1.32. The molecule has 0 aliphatic rings. The number of carbonyl (C=O) groups is 2. The molecule has 16 heavy (non-hydrogen) atoms. The van der Waals surface area contributed by atoms with Crippen LogP contribution in [-0.2, 0) is 0 Å². The lowest BCUT2D eigenvalue weighted by Gasteiger charge is -2.10. The van der Waals surface area contributed by atoms with Gasteiger partial charge in [-0.15, -0.1) is 0 Å². The zero-order valence-electron chi connectivity index (χ0n) is 8.27. The number of hydrogen-bond acceptors (Lipinski definition) is 3. The molecule has 0 aromatic heterocycles. The van der Waals surface area contributed by atoms with Crippen LogP contribution >= 0.6 is 0 Å². The molecule has 80 valence electrons. The summed E-state index contributed by atoms with van der Waals surface area (Å²) in [5.41, 5.74) is 5.37. The van der Waals surface area contributed by atoms with Gasteiger partial charge in [-0.25, -0.2) is 0 Å². The molecule has 0 aliphatic carbocycles. The Hall–Kier alpha value is -2.36. The topological polar surface area (TPSA) is 83.2 Å². The third-order valence-electron chi connectivity index (χ3n) is 2.39. The average Bonchev–Trinajstić information content (AvgIpc) is 2.27. The van der Waals surface area contributed by atoms with Crippen LogP contribution in [0.15, 0.2) is 36.4 Å². The molecule has 0 bridgehead atoms. The van der Waals surface area contributed by atoms with Crippen molar-refractivity contribution in [3.63, 3.8) is 0 Å². The second-order valence-corrected chi connectivity index (χ2v) is 3.36. The van der Waals surface area contributed by atoms with Crippen LogP contribution in [0.1, 0.15) is 20.7 Å². The molecule has 0 heterocycles. The number of amides is 1. The van der Waals surface area contributed by atoms with Gasteiger partial charge in [0, 0.05) is 16.5 Å². The molecule has 2 aromatic rings. The number of rotatable bonds is 2. The fraction of sp³-hybridized carbons (Fsp3) is 0. The number of benzene rings is 2. The van der Waals surface area contributed by atoms with Gasteiger partial charge in [0.2, 0.25) is 5.91 Å². The molecule has 2 N–H and O–H groups in total. The summed E-state index contributed by atoms with van der Waals surface area (Å²) in [7, 11) is 0. The zero-order chi connectivity index (χ0) is 11.7. The number of aromatic carboxylic acids is 1. The first-order valence-electron chi connectivity index (χ1n) is 4.64. The summed E-state index contributed by atoms with van der Waals surface area (Å²) in [5, 5.41) is 11.9. The van der Waals surface area contributed by atoms with Crippen LogP contribution in [0.3, 0.4) is 0 Å². The predicted octanol–water partition coefficient (Wildman–Crippen LogP) is 0.302. The smallest absolute Gasteiger partial charge is 0.249 e. The summed E-state index contributed by atoms with van der Waals surface area (Å²) < 4.78 is 0. The van der Waals surface area contributed by atoms with Crippen LogP contribution < -0.4 is 10.8 Å². The molecule has 4 heteroatoms. The minimum absolute atomic E-state index is 0.0214. The van der Waals surface area contributed by atoms with Crippen molar-refractivity contribution in [2.24, 2.45) is 5.73 Å². The standard InChI is InChI=1S/C12H9NO3/c13-11(14)8-5-1-3-7-4-2-6-9(10(7)8)12(15)16/h1-6H,(H2,13,14)(H,15,16)/p-1. The number of fused-ring (bicyclic) bond motifs is 1. The third-order valence-corrected chi connectivity index (χ3v) is 2.39. The predicted molar refractivity (Wildman–Crippen MR) is 56.8 cm³/mol. The Labute approximate surface area is 91.3 Å². The van der Waals surface area contributed by atoms with Gasteiger partial charge in [-0.3, -0.25) is 4.79 Å². The van der Waals surface area contributed by atoms with Gasteiger partial charge in [0.1, 0.15) is 0 Å². The van der Waals surface area contributed by atoms with E-state index in [1.165, 1.54) is 12.1 Å². The summed E-state index contributed by atoms with van der Waals surface area (Å²) in [6.45, 7) is 0. The van der Waals surface area contributed by atoms with Crippen molar-refractivity contribution in [3.05, 3.63) is 47.5 Å². The molecule has 4 nitrogen and oxygen atoms in total. The first kappa shape index (κ1) is 10.2.